The first-order chi connectivity index (χ1) is 11.6. The molecule has 124 valence electrons. The fourth-order valence-electron chi connectivity index (χ4n) is 2.69. The van der Waals surface area contributed by atoms with Gasteiger partial charge in [0, 0.05) is 30.7 Å². The van der Waals surface area contributed by atoms with E-state index in [9.17, 15) is 9.59 Å². The van der Waals surface area contributed by atoms with Crippen molar-refractivity contribution < 1.29 is 9.59 Å². The zero-order chi connectivity index (χ0) is 16.9. The highest BCUT2D eigenvalue weighted by atomic mass is 32.2. The summed E-state index contributed by atoms with van der Waals surface area (Å²) in [6.45, 7) is 0.623. The number of hydrogen-bond donors (Lipinski definition) is 0. The molecule has 0 saturated carbocycles. The second kappa shape index (κ2) is 7.53. The number of carbonyl (C=O) groups is 2. The van der Waals surface area contributed by atoms with Gasteiger partial charge < -0.3 is 9.80 Å². The third-order valence-corrected chi connectivity index (χ3v) is 5.08. The van der Waals surface area contributed by atoms with Crippen LogP contribution in [0.4, 0.5) is 5.69 Å². The van der Waals surface area contributed by atoms with Crippen LogP contribution in [-0.2, 0) is 16.1 Å². The van der Waals surface area contributed by atoms with E-state index in [0.29, 0.717) is 13.0 Å². The molecule has 0 aliphatic carbocycles. The van der Waals surface area contributed by atoms with Gasteiger partial charge in [-0.2, -0.15) is 0 Å². The molecular weight excluding hydrogens is 320 g/mol. The number of carbonyl (C=O) groups excluding carboxylic acids is 2. The highest BCUT2D eigenvalue weighted by molar-refractivity contribution is 7.99. The summed E-state index contributed by atoms with van der Waals surface area (Å²) >= 11 is 1.67. The summed E-state index contributed by atoms with van der Waals surface area (Å²) in [5.74, 6) is 0.697. The first-order valence-electron chi connectivity index (χ1n) is 7.95. The number of fused-ring (bicyclic) bond motifs is 1. The molecule has 5 heteroatoms. The van der Waals surface area contributed by atoms with Crippen LogP contribution in [0.2, 0.25) is 0 Å². The van der Waals surface area contributed by atoms with E-state index in [-0.39, 0.29) is 18.4 Å². The summed E-state index contributed by atoms with van der Waals surface area (Å²) < 4.78 is 0. The molecule has 0 fully saturated rings. The van der Waals surface area contributed by atoms with Crippen LogP contribution in [0.3, 0.4) is 0 Å². The van der Waals surface area contributed by atoms with Crippen molar-refractivity contribution >= 4 is 29.3 Å². The molecule has 0 aromatic heterocycles. The average molecular weight is 340 g/mol. The first-order valence-corrected chi connectivity index (χ1v) is 8.94. The maximum absolute atomic E-state index is 12.6. The number of para-hydroxylation sites is 1. The predicted molar refractivity (Wildman–Crippen MR) is 97.1 cm³/mol. The number of amides is 2. The molecule has 0 N–H and O–H groups in total. The molecule has 2 amide bonds. The summed E-state index contributed by atoms with van der Waals surface area (Å²) in [7, 11) is 1.78. The molecule has 0 saturated heterocycles. The van der Waals surface area contributed by atoms with Crippen LogP contribution < -0.4 is 4.90 Å². The number of anilines is 1. The van der Waals surface area contributed by atoms with Crippen LogP contribution in [0.1, 0.15) is 12.0 Å². The van der Waals surface area contributed by atoms with Gasteiger partial charge >= 0.3 is 0 Å². The summed E-state index contributed by atoms with van der Waals surface area (Å²) in [6, 6.07) is 17.6. The molecule has 2 aromatic rings. The lowest BCUT2D eigenvalue weighted by atomic mass is 10.2. The highest BCUT2D eigenvalue weighted by Gasteiger charge is 2.25. The molecule has 0 unspecified atom stereocenters. The Morgan fingerprint density at radius 2 is 1.83 bits per heavy atom. The fraction of sp³-hybridized carbons (Fsp3) is 0.263. The molecule has 2 aromatic carbocycles. The number of benzene rings is 2. The Bertz CT molecular complexity index is 733. The fourth-order valence-corrected chi connectivity index (χ4v) is 3.69. The number of thioether (sulfide) groups is 1. The van der Waals surface area contributed by atoms with Gasteiger partial charge in [-0.1, -0.05) is 42.5 Å². The second-order valence-corrected chi connectivity index (χ2v) is 6.92. The van der Waals surface area contributed by atoms with E-state index < -0.39 is 0 Å². The lowest BCUT2D eigenvalue weighted by molar-refractivity contribution is -0.130. The molecule has 1 aliphatic rings. The van der Waals surface area contributed by atoms with Crippen LogP contribution >= 0.6 is 11.8 Å². The number of rotatable bonds is 4. The maximum atomic E-state index is 12.6. The second-order valence-electron chi connectivity index (χ2n) is 5.78. The maximum Gasteiger partial charge on any atom is 0.242 e. The van der Waals surface area contributed by atoms with E-state index in [1.165, 1.54) is 0 Å². The minimum Gasteiger partial charge on any atom is -0.340 e. The highest BCUT2D eigenvalue weighted by Crippen LogP contribution is 2.33. The molecule has 1 heterocycles. The van der Waals surface area contributed by atoms with Crippen molar-refractivity contribution in [1.82, 2.24) is 4.90 Å². The van der Waals surface area contributed by atoms with Crippen LogP contribution in [0.25, 0.3) is 0 Å². The molecule has 1 aliphatic heterocycles. The van der Waals surface area contributed by atoms with Gasteiger partial charge in [-0.15, -0.1) is 11.8 Å². The van der Waals surface area contributed by atoms with Gasteiger partial charge in [-0.05, 0) is 17.7 Å². The number of hydrogen-bond acceptors (Lipinski definition) is 3. The van der Waals surface area contributed by atoms with E-state index in [4.69, 9.17) is 0 Å². The standard InChI is InChI=1S/C19H20N2O2S/c1-20(13-15-7-3-2-4-8-15)19(23)14-21-16-9-5-6-10-17(16)24-12-11-18(21)22/h2-10H,11-14H2,1H3. The van der Waals surface area contributed by atoms with Crippen LogP contribution in [0, 0.1) is 0 Å². The Labute approximate surface area is 146 Å². The normalized spacial score (nSPS) is 14.0. The molecule has 0 spiro atoms. The van der Waals surface area contributed by atoms with Crippen molar-refractivity contribution in [3.8, 4) is 0 Å². The van der Waals surface area contributed by atoms with Crippen molar-refractivity contribution in [2.24, 2.45) is 0 Å². The molecule has 3 rings (SSSR count). The van der Waals surface area contributed by atoms with E-state index in [0.717, 1.165) is 21.9 Å². The van der Waals surface area contributed by atoms with Crippen LogP contribution in [-0.4, -0.2) is 36.1 Å². The molecule has 4 nitrogen and oxygen atoms in total. The minimum absolute atomic E-state index is 0.00825. The lowest BCUT2D eigenvalue weighted by Gasteiger charge is -2.25. The molecule has 0 atom stereocenters. The lowest BCUT2D eigenvalue weighted by Crippen LogP contribution is -2.41. The SMILES string of the molecule is CN(Cc1ccccc1)C(=O)CN1C(=O)CCSc2ccccc21. The van der Waals surface area contributed by atoms with Crippen molar-refractivity contribution in [2.45, 2.75) is 17.9 Å². The molecule has 0 bridgehead atoms. The average Bonchev–Trinajstić information content (AvgIpc) is 2.75. The third kappa shape index (κ3) is 3.79. The van der Waals surface area contributed by atoms with Crippen molar-refractivity contribution in [3.05, 3.63) is 60.2 Å². The largest absolute Gasteiger partial charge is 0.340 e. The van der Waals surface area contributed by atoms with Crippen LogP contribution in [0.5, 0.6) is 0 Å². The molecular formula is C19H20N2O2S. The zero-order valence-corrected chi connectivity index (χ0v) is 14.5. The summed E-state index contributed by atoms with van der Waals surface area (Å²) in [5.41, 5.74) is 1.91. The van der Waals surface area contributed by atoms with E-state index in [1.807, 2.05) is 54.6 Å². The first kappa shape index (κ1) is 16.6. The van der Waals surface area contributed by atoms with Crippen molar-refractivity contribution in [3.63, 3.8) is 0 Å². The quantitative estimate of drug-likeness (QED) is 0.858. The van der Waals surface area contributed by atoms with Crippen molar-refractivity contribution in [2.75, 3.05) is 24.2 Å². The predicted octanol–water partition coefficient (Wildman–Crippen LogP) is 3.17. The van der Waals surface area contributed by atoms with Crippen molar-refractivity contribution in [1.29, 1.82) is 0 Å². The number of likely N-dealkylation sites (N-methyl/N-ethyl adjacent to an activating group) is 1. The minimum atomic E-state index is -0.0612. The van der Waals surface area contributed by atoms with Gasteiger partial charge in [-0.3, -0.25) is 9.59 Å². The number of nitrogens with zero attached hydrogens (tertiary/aromatic N) is 2. The Morgan fingerprint density at radius 1 is 1.12 bits per heavy atom. The van der Waals surface area contributed by atoms with Gasteiger partial charge in [-0.25, -0.2) is 0 Å². The molecule has 0 radical (unpaired) electrons. The van der Waals surface area contributed by atoms with Gasteiger partial charge in [0.1, 0.15) is 6.54 Å². The van der Waals surface area contributed by atoms with Gasteiger partial charge in [0.2, 0.25) is 11.8 Å². The molecule has 24 heavy (non-hydrogen) atoms. The summed E-state index contributed by atoms with van der Waals surface area (Å²) in [6.07, 6.45) is 0.453. The van der Waals surface area contributed by atoms with Gasteiger partial charge in [0.25, 0.3) is 0 Å². The van der Waals surface area contributed by atoms with E-state index >= 15 is 0 Å². The monoisotopic (exact) mass is 340 g/mol. The third-order valence-electron chi connectivity index (χ3n) is 4.01. The smallest absolute Gasteiger partial charge is 0.242 e. The Balaban J connectivity index is 1.74. The van der Waals surface area contributed by atoms with Gasteiger partial charge in [0.05, 0.1) is 5.69 Å². The van der Waals surface area contributed by atoms with Gasteiger partial charge in [0.15, 0.2) is 0 Å². The van der Waals surface area contributed by atoms with E-state index in [1.54, 1.807) is 28.6 Å². The zero-order valence-electron chi connectivity index (χ0n) is 13.6. The summed E-state index contributed by atoms with van der Waals surface area (Å²) in [5, 5.41) is 0. The van der Waals surface area contributed by atoms with Crippen LogP contribution in [0.15, 0.2) is 59.5 Å². The summed E-state index contributed by atoms with van der Waals surface area (Å²) in [4.78, 5) is 29.4. The van der Waals surface area contributed by atoms with E-state index in [2.05, 4.69) is 0 Å². The Hall–Kier alpha value is -2.27. The Morgan fingerprint density at radius 3 is 2.62 bits per heavy atom. The Kier molecular flexibility index (Phi) is 5.20. The topological polar surface area (TPSA) is 40.6 Å².